The minimum atomic E-state index is -0.585. The van der Waals surface area contributed by atoms with Crippen LogP contribution in [0.5, 0.6) is 0 Å². The van der Waals surface area contributed by atoms with Crippen LogP contribution in [0.1, 0.15) is 32.5 Å². The van der Waals surface area contributed by atoms with E-state index >= 15 is 0 Å². The summed E-state index contributed by atoms with van der Waals surface area (Å²) in [4.78, 5) is 2.38. The highest BCUT2D eigenvalue weighted by molar-refractivity contribution is 7.12. The molecule has 17 heavy (non-hydrogen) atoms. The lowest BCUT2D eigenvalue weighted by Gasteiger charge is -2.14. The van der Waals surface area contributed by atoms with Gasteiger partial charge in [0.15, 0.2) is 0 Å². The van der Waals surface area contributed by atoms with Crippen LogP contribution in [-0.4, -0.2) is 5.11 Å². The Bertz CT molecular complexity index is 545. The lowest BCUT2D eigenvalue weighted by Crippen LogP contribution is -2.02. The maximum Gasteiger partial charge on any atom is 0.105 e. The van der Waals surface area contributed by atoms with Crippen molar-refractivity contribution in [2.75, 3.05) is 0 Å². The topological polar surface area (TPSA) is 20.2 Å². The summed E-state index contributed by atoms with van der Waals surface area (Å²) >= 11 is 7.79. The van der Waals surface area contributed by atoms with Crippen molar-refractivity contribution in [2.24, 2.45) is 0 Å². The molecule has 0 aliphatic rings. The summed E-state index contributed by atoms with van der Waals surface area (Å²) in [5, 5.41) is 11.1. The van der Waals surface area contributed by atoms with Gasteiger partial charge in [-0.3, -0.25) is 0 Å². The molecule has 0 spiro atoms. The Morgan fingerprint density at radius 2 is 1.88 bits per heavy atom. The van der Waals surface area contributed by atoms with E-state index in [4.69, 9.17) is 11.6 Å². The first-order valence-corrected chi connectivity index (χ1v) is 6.70. The normalized spacial score (nSPS) is 12.8. The highest BCUT2D eigenvalue weighted by Crippen LogP contribution is 2.33. The molecule has 90 valence electrons. The van der Waals surface area contributed by atoms with Crippen molar-refractivity contribution >= 4 is 22.9 Å². The molecule has 1 aromatic carbocycles. The predicted octanol–water partition coefficient (Wildman–Crippen LogP) is 4.41. The summed E-state index contributed by atoms with van der Waals surface area (Å²) in [6.45, 7) is 6.03. The molecule has 0 amide bonds. The lowest BCUT2D eigenvalue weighted by molar-refractivity contribution is 0.219. The third kappa shape index (κ3) is 2.39. The fourth-order valence-corrected chi connectivity index (χ4v) is 3.15. The van der Waals surface area contributed by atoms with Crippen molar-refractivity contribution in [3.8, 4) is 0 Å². The summed E-state index contributed by atoms with van der Waals surface area (Å²) in [5.41, 5.74) is 2.82. The van der Waals surface area contributed by atoms with E-state index in [0.717, 1.165) is 21.6 Å². The summed E-state index contributed by atoms with van der Waals surface area (Å²) in [5.74, 6) is 0. The van der Waals surface area contributed by atoms with Gasteiger partial charge in [-0.15, -0.1) is 11.3 Å². The van der Waals surface area contributed by atoms with Crippen LogP contribution in [0.3, 0.4) is 0 Å². The van der Waals surface area contributed by atoms with Gasteiger partial charge in [-0.25, -0.2) is 0 Å². The van der Waals surface area contributed by atoms with Crippen molar-refractivity contribution in [3.63, 3.8) is 0 Å². The van der Waals surface area contributed by atoms with Gasteiger partial charge in [0.1, 0.15) is 6.10 Å². The van der Waals surface area contributed by atoms with Crippen molar-refractivity contribution in [2.45, 2.75) is 26.9 Å². The number of rotatable bonds is 2. The molecule has 0 saturated carbocycles. The van der Waals surface area contributed by atoms with Crippen molar-refractivity contribution in [1.82, 2.24) is 0 Å². The highest BCUT2D eigenvalue weighted by Gasteiger charge is 2.17. The van der Waals surface area contributed by atoms with Gasteiger partial charge in [0.05, 0.1) is 0 Å². The summed E-state index contributed by atoms with van der Waals surface area (Å²) in [7, 11) is 0. The summed E-state index contributed by atoms with van der Waals surface area (Å²) < 4.78 is 0. The third-order valence-electron chi connectivity index (χ3n) is 2.98. The Labute approximate surface area is 111 Å². The Hall–Kier alpha value is -0.830. The first-order chi connectivity index (χ1) is 8.00. The molecule has 1 nitrogen and oxygen atoms in total. The average Bonchev–Trinajstić information content (AvgIpc) is 2.61. The lowest BCUT2D eigenvalue weighted by atomic mass is 9.98. The van der Waals surface area contributed by atoms with Crippen molar-refractivity contribution in [1.29, 1.82) is 0 Å². The zero-order chi connectivity index (χ0) is 12.6. The van der Waals surface area contributed by atoms with E-state index in [2.05, 4.69) is 6.92 Å². The standard InChI is InChI=1S/C14H15ClOS/c1-8-7-12(10(3)17-8)14(16)11-5-4-6-13(15)9(11)2/h4-7,14,16H,1-3H3. The number of hydrogen-bond acceptors (Lipinski definition) is 2. The second-order valence-corrected chi connectivity index (χ2v) is 6.09. The predicted molar refractivity (Wildman–Crippen MR) is 74.0 cm³/mol. The Kier molecular flexibility index (Phi) is 3.57. The summed E-state index contributed by atoms with van der Waals surface area (Å²) in [6.07, 6.45) is -0.585. The molecule has 2 aromatic rings. The molecule has 3 heteroatoms. The van der Waals surface area contributed by atoms with Gasteiger partial charge >= 0.3 is 0 Å². The molecule has 1 atom stereocenters. The van der Waals surface area contributed by atoms with Gasteiger partial charge < -0.3 is 5.11 Å². The molecule has 1 N–H and O–H groups in total. The van der Waals surface area contributed by atoms with Crippen LogP contribution in [0.2, 0.25) is 5.02 Å². The van der Waals surface area contributed by atoms with E-state index in [-0.39, 0.29) is 0 Å². The van der Waals surface area contributed by atoms with Crippen LogP contribution in [0, 0.1) is 20.8 Å². The number of thiophene rings is 1. The van der Waals surface area contributed by atoms with Crippen LogP contribution in [-0.2, 0) is 0 Å². The molecule has 0 fully saturated rings. The molecule has 2 rings (SSSR count). The van der Waals surface area contributed by atoms with Crippen LogP contribution in [0.25, 0.3) is 0 Å². The molecule has 1 heterocycles. The molecule has 0 saturated heterocycles. The van der Waals surface area contributed by atoms with E-state index < -0.39 is 6.10 Å². The van der Waals surface area contributed by atoms with E-state index in [1.807, 2.05) is 38.1 Å². The Balaban J connectivity index is 2.47. The van der Waals surface area contributed by atoms with E-state index in [9.17, 15) is 5.11 Å². The SMILES string of the molecule is Cc1cc(C(O)c2cccc(Cl)c2C)c(C)s1. The molecule has 0 aliphatic carbocycles. The van der Waals surface area contributed by atoms with Crippen LogP contribution in [0.15, 0.2) is 24.3 Å². The van der Waals surface area contributed by atoms with E-state index in [1.54, 1.807) is 11.3 Å². The molecule has 1 unspecified atom stereocenters. The summed E-state index contributed by atoms with van der Waals surface area (Å²) in [6, 6.07) is 7.70. The second-order valence-electron chi connectivity index (χ2n) is 4.23. The minimum Gasteiger partial charge on any atom is -0.384 e. The van der Waals surface area contributed by atoms with Crippen LogP contribution >= 0.6 is 22.9 Å². The largest absolute Gasteiger partial charge is 0.384 e. The minimum absolute atomic E-state index is 0.585. The number of aliphatic hydroxyl groups excluding tert-OH is 1. The maximum atomic E-state index is 10.4. The number of aryl methyl sites for hydroxylation is 2. The molecular weight excluding hydrogens is 252 g/mol. The molecule has 0 radical (unpaired) electrons. The molecule has 0 aliphatic heterocycles. The van der Waals surface area contributed by atoms with Crippen molar-refractivity contribution in [3.05, 3.63) is 55.7 Å². The van der Waals surface area contributed by atoms with Crippen LogP contribution in [0.4, 0.5) is 0 Å². The number of benzene rings is 1. The third-order valence-corrected chi connectivity index (χ3v) is 4.37. The van der Waals surface area contributed by atoms with Gasteiger partial charge in [-0.05, 0) is 49.6 Å². The zero-order valence-corrected chi connectivity index (χ0v) is 11.7. The Morgan fingerprint density at radius 1 is 1.18 bits per heavy atom. The zero-order valence-electron chi connectivity index (χ0n) is 10.1. The molecule has 1 aromatic heterocycles. The van der Waals surface area contributed by atoms with E-state index in [0.29, 0.717) is 5.02 Å². The van der Waals surface area contributed by atoms with E-state index in [1.165, 1.54) is 4.88 Å². The van der Waals surface area contributed by atoms with Gasteiger partial charge in [-0.1, -0.05) is 23.7 Å². The number of halogens is 1. The monoisotopic (exact) mass is 266 g/mol. The van der Waals surface area contributed by atoms with Crippen molar-refractivity contribution < 1.29 is 5.11 Å². The smallest absolute Gasteiger partial charge is 0.105 e. The fourth-order valence-electron chi connectivity index (χ4n) is 2.01. The van der Waals surface area contributed by atoms with Gasteiger partial charge in [-0.2, -0.15) is 0 Å². The van der Waals surface area contributed by atoms with Gasteiger partial charge in [0.2, 0.25) is 0 Å². The maximum absolute atomic E-state index is 10.4. The van der Waals surface area contributed by atoms with Gasteiger partial charge in [0.25, 0.3) is 0 Å². The fraction of sp³-hybridized carbons (Fsp3) is 0.286. The first kappa shape index (κ1) is 12.6. The number of aliphatic hydroxyl groups is 1. The second kappa shape index (κ2) is 4.81. The van der Waals surface area contributed by atoms with Gasteiger partial charge in [0, 0.05) is 14.8 Å². The number of hydrogen-bond donors (Lipinski definition) is 1. The quantitative estimate of drug-likeness (QED) is 0.854. The molecular formula is C14H15ClOS. The van der Waals surface area contributed by atoms with Crippen LogP contribution < -0.4 is 0 Å². The first-order valence-electron chi connectivity index (χ1n) is 5.50. The Morgan fingerprint density at radius 3 is 2.47 bits per heavy atom. The highest BCUT2D eigenvalue weighted by atomic mass is 35.5. The molecule has 0 bridgehead atoms. The average molecular weight is 267 g/mol.